The lowest BCUT2D eigenvalue weighted by Crippen LogP contribution is -2.25. The number of anilines is 1. The van der Waals surface area contributed by atoms with Gasteiger partial charge in [-0.05, 0) is 23.9 Å². The Hall–Kier alpha value is -1.86. The van der Waals surface area contributed by atoms with E-state index < -0.39 is 10.0 Å². The first kappa shape index (κ1) is 13.6. The zero-order chi connectivity index (χ0) is 14.0. The lowest BCUT2D eigenvalue weighted by Gasteiger charge is -2.10. The standard InChI is InChI=1S/C12H15N3O3S/c13-11-8-9-4-1-2-5-10(9)12(16)15(11)6-3-7-19(14,17)18/h1-2,4-5,8H,3,6-7,13H2,(H2,14,17,18). The van der Waals surface area contributed by atoms with Crippen molar-refractivity contribution in [1.29, 1.82) is 0 Å². The lowest BCUT2D eigenvalue weighted by molar-refractivity contribution is 0.587. The summed E-state index contributed by atoms with van der Waals surface area (Å²) in [5.41, 5.74) is 5.60. The molecule has 2 rings (SSSR count). The zero-order valence-electron chi connectivity index (χ0n) is 10.2. The van der Waals surface area contributed by atoms with Crippen LogP contribution in [0, 0.1) is 0 Å². The van der Waals surface area contributed by atoms with E-state index in [0.29, 0.717) is 11.2 Å². The summed E-state index contributed by atoms with van der Waals surface area (Å²) in [5.74, 6) is 0.143. The van der Waals surface area contributed by atoms with Gasteiger partial charge < -0.3 is 5.73 Å². The van der Waals surface area contributed by atoms with Crippen LogP contribution in [0.1, 0.15) is 6.42 Å². The molecule has 102 valence electrons. The molecular weight excluding hydrogens is 266 g/mol. The predicted molar refractivity (Wildman–Crippen MR) is 75.2 cm³/mol. The highest BCUT2D eigenvalue weighted by Gasteiger charge is 2.08. The average Bonchev–Trinajstić information content (AvgIpc) is 2.32. The normalized spacial score (nSPS) is 11.8. The molecule has 0 saturated heterocycles. The largest absolute Gasteiger partial charge is 0.385 e. The van der Waals surface area contributed by atoms with Crippen LogP contribution in [0.2, 0.25) is 0 Å². The van der Waals surface area contributed by atoms with Gasteiger partial charge in [-0.1, -0.05) is 18.2 Å². The summed E-state index contributed by atoms with van der Waals surface area (Å²) in [4.78, 5) is 12.2. The minimum Gasteiger partial charge on any atom is -0.385 e. The Labute approximate surface area is 110 Å². The molecule has 0 aliphatic heterocycles. The molecule has 0 atom stereocenters. The van der Waals surface area contributed by atoms with Crippen molar-refractivity contribution in [1.82, 2.24) is 4.57 Å². The van der Waals surface area contributed by atoms with Crippen molar-refractivity contribution in [2.45, 2.75) is 13.0 Å². The smallest absolute Gasteiger partial charge is 0.259 e. The van der Waals surface area contributed by atoms with E-state index in [1.807, 2.05) is 12.1 Å². The third-order valence-electron chi connectivity index (χ3n) is 2.86. The van der Waals surface area contributed by atoms with Crippen molar-refractivity contribution in [3.63, 3.8) is 0 Å². The van der Waals surface area contributed by atoms with E-state index in [9.17, 15) is 13.2 Å². The maximum atomic E-state index is 12.2. The Morgan fingerprint density at radius 1 is 1.21 bits per heavy atom. The molecule has 6 nitrogen and oxygen atoms in total. The van der Waals surface area contributed by atoms with E-state index in [0.717, 1.165) is 5.39 Å². The van der Waals surface area contributed by atoms with E-state index in [1.54, 1.807) is 18.2 Å². The number of nitrogens with zero attached hydrogens (tertiary/aromatic N) is 1. The summed E-state index contributed by atoms with van der Waals surface area (Å²) in [6.07, 6.45) is 0.251. The van der Waals surface area contributed by atoms with Crippen molar-refractivity contribution >= 4 is 26.6 Å². The molecule has 0 fully saturated rings. The Morgan fingerprint density at radius 3 is 2.58 bits per heavy atom. The predicted octanol–water partition coefficient (Wildman–Crippen LogP) is 0.262. The van der Waals surface area contributed by atoms with Crippen LogP contribution in [0.5, 0.6) is 0 Å². The highest BCUT2D eigenvalue weighted by molar-refractivity contribution is 7.89. The summed E-state index contributed by atoms with van der Waals surface area (Å²) in [5, 5.41) is 6.25. The Morgan fingerprint density at radius 2 is 1.89 bits per heavy atom. The molecule has 0 amide bonds. The summed E-state index contributed by atoms with van der Waals surface area (Å²) in [7, 11) is -3.52. The van der Waals surface area contributed by atoms with Crippen LogP contribution in [0.25, 0.3) is 10.8 Å². The zero-order valence-corrected chi connectivity index (χ0v) is 11.1. The molecule has 7 heteroatoms. The fourth-order valence-corrected chi connectivity index (χ4v) is 2.50. The molecule has 1 aromatic carbocycles. The van der Waals surface area contributed by atoms with Crippen molar-refractivity contribution < 1.29 is 8.42 Å². The molecule has 0 saturated carbocycles. The van der Waals surface area contributed by atoms with Gasteiger partial charge in [-0.15, -0.1) is 0 Å². The number of aromatic nitrogens is 1. The number of fused-ring (bicyclic) bond motifs is 1. The maximum Gasteiger partial charge on any atom is 0.259 e. The van der Waals surface area contributed by atoms with E-state index in [4.69, 9.17) is 10.9 Å². The van der Waals surface area contributed by atoms with E-state index >= 15 is 0 Å². The van der Waals surface area contributed by atoms with Gasteiger partial charge in [0.1, 0.15) is 5.82 Å². The van der Waals surface area contributed by atoms with Gasteiger partial charge in [-0.25, -0.2) is 13.6 Å². The first-order chi connectivity index (χ1) is 8.88. The molecule has 0 bridgehead atoms. The van der Waals surface area contributed by atoms with Crippen LogP contribution in [0.4, 0.5) is 5.82 Å². The molecule has 1 heterocycles. The van der Waals surface area contributed by atoms with Gasteiger partial charge >= 0.3 is 0 Å². The van der Waals surface area contributed by atoms with Crippen LogP contribution < -0.4 is 16.4 Å². The van der Waals surface area contributed by atoms with Crippen LogP contribution in [-0.4, -0.2) is 18.7 Å². The van der Waals surface area contributed by atoms with Gasteiger partial charge in [-0.2, -0.15) is 0 Å². The van der Waals surface area contributed by atoms with E-state index in [-0.39, 0.29) is 24.3 Å². The number of pyridine rings is 1. The highest BCUT2D eigenvalue weighted by atomic mass is 32.2. The molecular formula is C12H15N3O3S. The first-order valence-corrected chi connectivity index (χ1v) is 7.48. The summed E-state index contributed by atoms with van der Waals surface area (Å²) >= 11 is 0. The second-order valence-corrected chi connectivity index (χ2v) is 6.07. The minimum atomic E-state index is -3.52. The quantitative estimate of drug-likeness (QED) is 0.838. The number of rotatable bonds is 4. The molecule has 4 N–H and O–H groups in total. The highest BCUT2D eigenvalue weighted by Crippen LogP contribution is 2.13. The number of sulfonamides is 1. The van der Waals surface area contributed by atoms with Gasteiger partial charge in [0.05, 0.1) is 5.75 Å². The monoisotopic (exact) mass is 281 g/mol. The number of nitrogens with two attached hydrogens (primary N) is 2. The van der Waals surface area contributed by atoms with Crippen LogP contribution in [0.3, 0.4) is 0 Å². The topological polar surface area (TPSA) is 108 Å². The fraction of sp³-hybridized carbons (Fsp3) is 0.250. The molecule has 2 aromatic rings. The summed E-state index contributed by atoms with van der Waals surface area (Å²) < 4.78 is 23.1. The number of primary sulfonamides is 1. The van der Waals surface area contributed by atoms with Crippen molar-refractivity contribution in [3.05, 3.63) is 40.7 Å². The molecule has 0 unspecified atom stereocenters. The average molecular weight is 281 g/mol. The van der Waals surface area contributed by atoms with Crippen LogP contribution >= 0.6 is 0 Å². The van der Waals surface area contributed by atoms with Gasteiger partial charge in [0.2, 0.25) is 10.0 Å². The van der Waals surface area contributed by atoms with E-state index in [1.165, 1.54) is 4.57 Å². The number of nitrogen functional groups attached to an aromatic ring is 1. The number of hydrogen-bond donors (Lipinski definition) is 2. The SMILES string of the molecule is Nc1cc2ccccc2c(=O)n1CCCS(N)(=O)=O. The molecule has 0 aliphatic carbocycles. The molecule has 19 heavy (non-hydrogen) atoms. The Kier molecular flexibility index (Phi) is 3.59. The minimum absolute atomic E-state index is 0.175. The second-order valence-electron chi connectivity index (χ2n) is 4.33. The van der Waals surface area contributed by atoms with Crippen molar-refractivity contribution in [2.75, 3.05) is 11.5 Å². The van der Waals surface area contributed by atoms with Crippen LogP contribution in [0.15, 0.2) is 35.1 Å². The molecule has 0 radical (unpaired) electrons. The third-order valence-corrected chi connectivity index (χ3v) is 3.72. The number of hydrogen-bond acceptors (Lipinski definition) is 4. The van der Waals surface area contributed by atoms with Crippen LogP contribution in [-0.2, 0) is 16.6 Å². The van der Waals surface area contributed by atoms with Crippen molar-refractivity contribution in [3.8, 4) is 0 Å². The van der Waals surface area contributed by atoms with Gasteiger partial charge in [0.25, 0.3) is 5.56 Å². The summed E-state index contributed by atoms with van der Waals surface area (Å²) in [6.45, 7) is 0.228. The Bertz CT molecular complexity index is 765. The molecule has 1 aromatic heterocycles. The second kappa shape index (κ2) is 5.02. The van der Waals surface area contributed by atoms with Gasteiger partial charge in [0.15, 0.2) is 0 Å². The summed E-state index contributed by atoms with van der Waals surface area (Å²) in [6, 6.07) is 8.82. The fourth-order valence-electron chi connectivity index (χ4n) is 1.97. The van der Waals surface area contributed by atoms with E-state index in [2.05, 4.69) is 0 Å². The van der Waals surface area contributed by atoms with Gasteiger partial charge in [-0.3, -0.25) is 9.36 Å². The van der Waals surface area contributed by atoms with Gasteiger partial charge in [0, 0.05) is 11.9 Å². The third kappa shape index (κ3) is 3.12. The Balaban J connectivity index is 2.36. The molecule has 0 spiro atoms. The maximum absolute atomic E-state index is 12.2. The van der Waals surface area contributed by atoms with Crippen molar-refractivity contribution in [2.24, 2.45) is 5.14 Å². The lowest BCUT2D eigenvalue weighted by atomic mass is 10.1. The molecule has 0 aliphatic rings. The first-order valence-electron chi connectivity index (χ1n) is 5.77. The number of benzene rings is 1.